The van der Waals surface area contributed by atoms with Crippen molar-refractivity contribution >= 4 is 140 Å². The number of aromatic amines is 4. The number of imidazole rings is 2. The van der Waals surface area contributed by atoms with Crippen LogP contribution < -0.4 is 75.7 Å². The second-order valence-electron chi connectivity index (χ2n) is 33.2. The molecule has 6 aromatic rings. The Balaban J connectivity index is 1.18. The molecule has 6 heterocycles. The minimum Gasteiger partial charge on any atom is -0.394 e. The van der Waals surface area contributed by atoms with Crippen LogP contribution in [0.1, 0.15) is 134 Å². The lowest BCUT2D eigenvalue weighted by atomic mass is 10.00. The molecule has 131 heavy (non-hydrogen) atoms. The fourth-order valence-electron chi connectivity index (χ4n) is 15.6. The van der Waals surface area contributed by atoms with Gasteiger partial charge in [0.15, 0.2) is 5.96 Å². The van der Waals surface area contributed by atoms with E-state index in [0.717, 1.165) is 36.3 Å². The molecule has 8 rings (SSSR count). The number of carbonyl (C=O) groups excluding carboxylic acids is 17. The van der Waals surface area contributed by atoms with Gasteiger partial charge < -0.3 is 125 Å². The molecule has 712 valence electrons. The van der Waals surface area contributed by atoms with Crippen molar-refractivity contribution < 1.29 is 86.6 Å². The van der Waals surface area contributed by atoms with Gasteiger partial charge in [-0.05, 0) is 81.0 Å². The molecule has 2 fully saturated rings. The summed E-state index contributed by atoms with van der Waals surface area (Å²) in [6.45, 7) is 5.88. The predicted octanol–water partition coefficient (Wildman–Crippen LogP) is -3.41. The number of nitrogens with two attached hydrogens (primary N) is 3. The summed E-state index contributed by atoms with van der Waals surface area (Å²) in [6, 6.07) is -5.67. The van der Waals surface area contributed by atoms with Crippen molar-refractivity contribution in [3.05, 3.63) is 108 Å². The van der Waals surface area contributed by atoms with E-state index in [1.807, 2.05) is 13.8 Å². The maximum atomic E-state index is 15.7. The van der Waals surface area contributed by atoms with Crippen LogP contribution in [0.5, 0.6) is 0 Å². The summed E-state index contributed by atoms with van der Waals surface area (Å²) >= 11 is 0.777. The molecule has 44 nitrogen and oxygen atoms in total. The first kappa shape index (κ1) is 103. The number of guanidine groups is 1. The van der Waals surface area contributed by atoms with Crippen molar-refractivity contribution in [3.8, 4) is 0 Å². The van der Waals surface area contributed by atoms with Gasteiger partial charge in [0.25, 0.3) is 0 Å². The maximum Gasteiger partial charge on any atom is 0.246 e. The van der Waals surface area contributed by atoms with Crippen LogP contribution in [-0.4, -0.2) is 317 Å². The number of hydrogen-bond acceptors (Lipinski definition) is 22. The number of fused-ring (bicyclic) bond motifs is 3. The fourth-order valence-corrected chi connectivity index (χ4v) is 16.4. The maximum absolute atomic E-state index is 15.7. The highest BCUT2D eigenvalue weighted by atomic mass is 32.2. The number of aliphatic hydroxyl groups is 1. The third-order valence-corrected chi connectivity index (χ3v) is 23.9. The van der Waals surface area contributed by atoms with Crippen LogP contribution in [0.4, 0.5) is 0 Å². The molecule has 17 amide bonds. The van der Waals surface area contributed by atoms with Crippen LogP contribution in [0.15, 0.2) is 86.0 Å². The van der Waals surface area contributed by atoms with Crippen LogP contribution in [-0.2, 0) is 107 Å². The third-order valence-electron chi connectivity index (χ3n) is 22.8. The summed E-state index contributed by atoms with van der Waals surface area (Å²) in [6.07, 6.45) is 8.53. The number of para-hydroxylation sites is 2. The molecule has 2 aliphatic rings. The second kappa shape index (κ2) is 49.9. The van der Waals surface area contributed by atoms with Gasteiger partial charge in [0.05, 0.1) is 44.5 Å². The lowest BCUT2D eigenvalue weighted by Gasteiger charge is -2.36. The molecule has 0 radical (unpaired) electrons. The summed E-state index contributed by atoms with van der Waals surface area (Å²) in [5.74, 6) is -17.3. The van der Waals surface area contributed by atoms with E-state index in [9.17, 15) is 62.6 Å². The van der Waals surface area contributed by atoms with Gasteiger partial charge in [-0.3, -0.25) is 86.9 Å². The number of nitrogens with one attached hydrogen (secondary N) is 16. The van der Waals surface area contributed by atoms with Gasteiger partial charge in [-0.1, -0.05) is 89.8 Å². The monoisotopic (exact) mass is 1840 g/mol. The quantitative estimate of drug-likeness (QED) is 0.0143. The van der Waals surface area contributed by atoms with Crippen molar-refractivity contribution in [3.63, 3.8) is 0 Å². The molecular formula is C86H124N26O18S. The van der Waals surface area contributed by atoms with Crippen molar-refractivity contribution in [1.29, 1.82) is 5.41 Å². The van der Waals surface area contributed by atoms with Crippen LogP contribution in [0, 0.1) is 11.3 Å². The summed E-state index contributed by atoms with van der Waals surface area (Å²) in [5.41, 5.74) is 19.8. The average molecular weight is 1840 g/mol. The molecule has 2 aromatic carbocycles. The zero-order valence-corrected chi connectivity index (χ0v) is 75.9. The minimum atomic E-state index is -1.85. The zero-order chi connectivity index (χ0) is 95.9. The lowest BCUT2D eigenvalue weighted by Crippen LogP contribution is -2.61. The molecule has 23 N–H and O–H groups in total. The topological polar surface area (TPSA) is 650 Å². The number of aromatic nitrogens is 6. The van der Waals surface area contributed by atoms with Gasteiger partial charge in [-0.2, -0.15) is 0 Å². The first-order valence-electron chi connectivity index (χ1n) is 43.6. The standard InChI is InChI=1S/C86H124N26O18S/c1-10-12-25-66-79(124)101-57(24-18-28-93-86(89)90)75(120)107-65(74(119)96-40-70(88)115)43-131-44-72(117)100-62(34-52-39-92-46-98-52)82(127)109(7)48(5)73(118)103-63(35-69(87)114)84(129)112-29-19-27-67(112)80(125)102-59(33-51-38-91-45-97-51)77(122)104-60(30-47(3)4)81(126)108(6)41-71(116)99-58(31-49-36-94-55-22-16-14-20-53(49)55)76(121)106-64(42-113)78(123)105-61(32-50-37-95-56-23-17-15-21-54(50)56)83(128)111(9)68(26-13-11-2)85(130)110(66)8/h14-17,20-23,36-39,45-48,57-68,94-95,113H,10-13,18-19,24-35,40-44H2,1-9H3,(H2,87,114)(H2,88,115)(H,91,97)(H,92,98)(H,96,119)(H,99,116)(H,100,117)(H,101,124)(H,102,125)(H,103,118)(H,104,122)(H,105,123)(H,106,121)(H,107,120)(H4,89,90,93)/t48-,57-,58-,59-,60-,61-,62-,63-,64-,65-,66-,67-,68-/m0/s1. The molecule has 0 aliphatic carbocycles. The van der Waals surface area contributed by atoms with E-state index in [1.165, 1.54) is 60.2 Å². The van der Waals surface area contributed by atoms with Crippen LogP contribution in [0.25, 0.3) is 21.8 Å². The summed E-state index contributed by atoms with van der Waals surface area (Å²) < 4.78 is 0. The number of benzene rings is 2. The first-order valence-corrected chi connectivity index (χ1v) is 44.8. The highest BCUT2D eigenvalue weighted by molar-refractivity contribution is 8.00. The number of carbonyl (C=O) groups is 17. The first-order chi connectivity index (χ1) is 62.4. The number of amides is 17. The van der Waals surface area contributed by atoms with Gasteiger partial charge in [-0.25, -0.2) is 9.97 Å². The number of nitrogens with zero attached hydrogens (tertiary/aromatic N) is 7. The Bertz CT molecular complexity index is 5000. The lowest BCUT2D eigenvalue weighted by molar-refractivity contribution is -0.149. The van der Waals surface area contributed by atoms with Crippen LogP contribution in [0.3, 0.4) is 0 Å². The largest absolute Gasteiger partial charge is 0.394 e. The van der Waals surface area contributed by atoms with Crippen molar-refractivity contribution in [2.24, 2.45) is 23.1 Å². The Kier molecular flexibility index (Phi) is 39.2. The SMILES string of the molecule is CCCC[C@H]1C(=O)N(C)[C@@H](CCCC)C(=O)N[C@@H](CCCNC(=N)N)C(=O)N[C@H](C(=O)NCC(N)=O)CSCC(=O)N[C@@H](Cc2cnc[nH]2)C(=O)N(C)[C@@H](C)C(=O)N[C@@H](CC(N)=O)C(=O)N2CCC[C@H]2C(=O)N[C@@H](Cc2cnc[nH]2)C(=O)N[C@@H](CC(C)C)C(=O)N(C)CC(=O)N[C@@H](Cc2c[nH]c3ccccc23)C(=O)N[C@@H](CO)C(=O)N[C@@H](Cc2c[nH]c3ccccc23)C(=O)N1C. The number of thioether (sulfide) groups is 1. The smallest absolute Gasteiger partial charge is 0.246 e. The van der Waals surface area contributed by atoms with E-state index >= 15 is 24.0 Å². The number of primary amides is 2. The molecule has 13 atom stereocenters. The second-order valence-corrected chi connectivity index (χ2v) is 34.3. The van der Waals surface area contributed by atoms with E-state index in [2.05, 4.69) is 88.4 Å². The molecule has 0 saturated carbocycles. The van der Waals surface area contributed by atoms with E-state index in [-0.39, 0.29) is 89.6 Å². The van der Waals surface area contributed by atoms with Gasteiger partial charge in [0.2, 0.25) is 100 Å². The Morgan fingerprint density at radius 1 is 0.534 bits per heavy atom. The molecule has 2 saturated heterocycles. The van der Waals surface area contributed by atoms with E-state index < -0.39 is 223 Å². The molecule has 4 aromatic heterocycles. The Morgan fingerprint density at radius 2 is 1.05 bits per heavy atom. The van der Waals surface area contributed by atoms with E-state index in [1.54, 1.807) is 74.8 Å². The number of hydrogen-bond donors (Lipinski definition) is 20. The third kappa shape index (κ3) is 29.8. The molecule has 45 heteroatoms. The number of unbranched alkanes of at least 4 members (excludes halogenated alkanes) is 2. The Morgan fingerprint density at radius 3 is 1.62 bits per heavy atom. The fraction of sp³-hybridized carbons (Fsp3) is 0.535. The van der Waals surface area contributed by atoms with Gasteiger partial charge in [0.1, 0.15) is 78.5 Å². The number of H-pyrrole nitrogens is 4. The Labute approximate surface area is 761 Å². The van der Waals surface area contributed by atoms with Crippen molar-refractivity contribution in [1.82, 2.24) is 113 Å². The van der Waals surface area contributed by atoms with Gasteiger partial charge in [0, 0.05) is 131 Å². The number of likely N-dealkylation sites (N-methyl/N-ethyl adjacent to an activating group) is 4. The minimum absolute atomic E-state index is 0.00242. The molecule has 0 unspecified atom stereocenters. The van der Waals surface area contributed by atoms with Crippen molar-refractivity contribution in [2.45, 2.75) is 216 Å². The molecule has 0 bridgehead atoms. The van der Waals surface area contributed by atoms with Crippen LogP contribution in [0.2, 0.25) is 0 Å². The molecule has 2 aliphatic heterocycles. The zero-order valence-electron chi connectivity index (χ0n) is 75.1. The number of rotatable bonds is 26. The average Bonchev–Trinajstić information content (AvgIpc) is 1.77. The van der Waals surface area contributed by atoms with Crippen molar-refractivity contribution in [2.75, 3.05) is 72.5 Å². The normalized spacial score (nSPS) is 23.6. The summed E-state index contributed by atoms with van der Waals surface area (Å²) in [7, 11) is 5.21. The van der Waals surface area contributed by atoms with Crippen LogP contribution >= 0.6 is 11.8 Å². The van der Waals surface area contributed by atoms with E-state index in [4.69, 9.17) is 22.6 Å². The number of aliphatic hydroxyl groups excluding tert-OH is 1. The van der Waals surface area contributed by atoms with Gasteiger partial charge in [-0.15, -0.1) is 11.8 Å². The van der Waals surface area contributed by atoms with Gasteiger partial charge >= 0.3 is 0 Å². The molecular weight excluding hydrogens is 1720 g/mol. The summed E-state index contributed by atoms with van der Waals surface area (Å²) in [5, 5.41) is 49.3. The Hall–Kier alpha value is -13.5. The van der Waals surface area contributed by atoms with E-state index in [0.29, 0.717) is 70.0 Å². The molecule has 0 spiro atoms. The highest BCUT2D eigenvalue weighted by Gasteiger charge is 2.44. The highest BCUT2D eigenvalue weighted by Crippen LogP contribution is 2.26. The summed E-state index contributed by atoms with van der Waals surface area (Å²) in [4.78, 5) is 273. The predicted molar refractivity (Wildman–Crippen MR) is 482 cm³/mol.